The first-order chi connectivity index (χ1) is 11.0. The van der Waals surface area contributed by atoms with Crippen molar-refractivity contribution < 1.29 is 14.4 Å². The molecular formula is C18H14BrNO3. The molecule has 0 atom stereocenters. The number of allylic oxidation sites excluding steroid dienone is 1. The Kier molecular flexibility index (Phi) is 3.17. The maximum atomic E-state index is 12.8. The summed E-state index contributed by atoms with van der Waals surface area (Å²) in [6.07, 6.45) is 5.44. The third-order valence-corrected chi connectivity index (χ3v) is 5.38. The predicted octanol–water partition coefficient (Wildman–Crippen LogP) is 3.02. The summed E-state index contributed by atoms with van der Waals surface area (Å²) < 4.78 is 0.918. The van der Waals surface area contributed by atoms with Crippen molar-refractivity contribution in [1.82, 2.24) is 4.90 Å². The van der Waals surface area contributed by atoms with E-state index < -0.39 is 5.54 Å². The number of carbonyl (C=O) groups excluding carboxylic acids is 3. The van der Waals surface area contributed by atoms with E-state index >= 15 is 0 Å². The van der Waals surface area contributed by atoms with Gasteiger partial charge in [-0.1, -0.05) is 40.2 Å². The van der Waals surface area contributed by atoms with Crippen LogP contribution in [0, 0.1) is 0 Å². The topological polar surface area (TPSA) is 54.5 Å². The lowest BCUT2D eigenvalue weighted by Gasteiger charge is -2.46. The first-order valence-corrected chi connectivity index (χ1v) is 8.38. The van der Waals surface area contributed by atoms with Crippen LogP contribution in [0.3, 0.4) is 0 Å². The first-order valence-electron chi connectivity index (χ1n) is 7.59. The molecule has 0 spiro atoms. The van der Waals surface area contributed by atoms with Crippen molar-refractivity contribution in [3.63, 3.8) is 0 Å². The molecule has 0 bridgehead atoms. The Morgan fingerprint density at radius 2 is 1.70 bits per heavy atom. The molecule has 5 heteroatoms. The molecule has 0 saturated heterocycles. The van der Waals surface area contributed by atoms with E-state index in [0.717, 1.165) is 16.5 Å². The van der Waals surface area contributed by atoms with Gasteiger partial charge in [-0.3, -0.25) is 19.3 Å². The van der Waals surface area contributed by atoms with Crippen LogP contribution in [0.5, 0.6) is 0 Å². The number of hydrogen-bond acceptors (Lipinski definition) is 3. The Bertz CT molecular complexity index is 796. The van der Waals surface area contributed by atoms with E-state index in [1.165, 1.54) is 4.90 Å². The molecule has 23 heavy (non-hydrogen) atoms. The van der Waals surface area contributed by atoms with Gasteiger partial charge in [-0.2, -0.15) is 0 Å². The maximum absolute atomic E-state index is 12.8. The van der Waals surface area contributed by atoms with Crippen molar-refractivity contribution in [2.24, 2.45) is 0 Å². The average Bonchev–Trinajstić information content (AvgIpc) is 2.77. The van der Waals surface area contributed by atoms with E-state index in [2.05, 4.69) is 15.9 Å². The molecule has 2 amide bonds. The number of carbonyl (C=O) groups is 3. The number of nitrogens with zero attached hydrogens (tertiary/aromatic N) is 1. The summed E-state index contributed by atoms with van der Waals surface area (Å²) in [4.78, 5) is 38.7. The Labute approximate surface area is 142 Å². The number of Topliss-reactive ketones (excluding diaryl/α,β-unsaturated/α-hetero) is 1. The zero-order chi connectivity index (χ0) is 16.2. The number of rotatable bonds is 2. The molecule has 3 aliphatic rings. The Hall–Kier alpha value is -2.01. The molecule has 1 aliphatic heterocycles. The molecule has 116 valence electrons. The molecule has 1 fully saturated rings. The van der Waals surface area contributed by atoms with Crippen LogP contribution >= 0.6 is 15.9 Å². The minimum atomic E-state index is -0.822. The van der Waals surface area contributed by atoms with Crippen molar-refractivity contribution in [3.8, 4) is 0 Å². The third kappa shape index (κ3) is 1.99. The maximum Gasteiger partial charge on any atom is 0.262 e. The van der Waals surface area contributed by atoms with E-state index in [9.17, 15) is 14.4 Å². The fourth-order valence-corrected chi connectivity index (χ4v) is 3.94. The highest BCUT2D eigenvalue weighted by Crippen LogP contribution is 2.48. The molecule has 0 radical (unpaired) electrons. The highest BCUT2D eigenvalue weighted by molar-refractivity contribution is 9.10. The second-order valence-electron chi connectivity index (χ2n) is 6.21. The summed E-state index contributed by atoms with van der Waals surface area (Å²) in [6.45, 7) is 0. The van der Waals surface area contributed by atoms with Crippen LogP contribution in [0.4, 0.5) is 0 Å². The van der Waals surface area contributed by atoms with Crippen LogP contribution in [-0.4, -0.2) is 22.5 Å². The quantitative estimate of drug-likeness (QED) is 0.750. The van der Waals surface area contributed by atoms with E-state index in [0.29, 0.717) is 17.6 Å². The zero-order valence-electron chi connectivity index (χ0n) is 12.3. The van der Waals surface area contributed by atoms with Crippen LogP contribution in [0.25, 0.3) is 0 Å². The van der Waals surface area contributed by atoms with Gasteiger partial charge < -0.3 is 0 Å². The van der Waals surface area contributed by atoms with Gasteiger partial charge in [-0.25, -0.2) is 0 Å². The van der Waals surface area contributed by atoms with Crippen molar-refractivity contribution in [1.29, 1.82) is 0 Å². The van der Waals surface area contributed by atoms with Gasteiger partial charge in [0.25, 0.3) is 11.8 Å². The van der Waals surface area contributed by atoms with Crippen molar-refractivity contribution in [3.05, 3.63) is 57.6 Å². The van der Waals surface area contributed by atoms with E-state index in [1.54, 1.807) is 6.08 Å². The van der Waals surface area contributed by atoms with Crippen molar-refractivity contribution in [2.45, 2.75) is 31.2 Å². The Morgan fingerprint density at radius 3 is 2.30 bits per heavy atom. The third-order valence-electron chi connectivity index (χ3n) is 4.85. The van der Waals surface area contributed by atoms with Gasteiger partial charge in [0, 0.05) is 28.5 Å². The van der Waals surface area contributed by atoms with Gasteiger partial charge in [-0.05, 0) is 30.5 Å². The summed E-state index contributed by atoms with van der Waals surface area (Å²) in [5, 5.41) is 0. The highest BCUT2D eigenvalue weighted by atomic mass is 79.9. The second kappa shape index (κ2) is 4.99. The smallest absolute Gasteiger partial charge is 0.262 e. The van der Waals surface area contributed by atoms with Gasteiger partial charge in [0.2, 0.25) is 0 Å². The molecule has 1 aromatic carbocycles. The molecule has 1 heterocycles. The summed E-state index contributed by atoms with van der Waals surface area (Å²) in [5.74, 6) is -0.421. The molecule has 0 N–H and O–H groups in total. The van der Waals surface area contributed by atoms with E-state index in [-0.39, 0.29) is 30.4 Å². The summed E-state index contributed by atoms with van der Waals surface area (Å²) in [7, 11) is 0. The van der Waals surface area contributed by atoms with Crippen molar-refractivity contribution in [2.75, 3.05) is 0 Å². The van der Waals surface area contributed by atoms with Crippen LogP contribution in [0.2, 0.25) is 0 Å². The zero-order valence-corrected chi connectivity index (χ0v) is 13.9. The van der Waals surface area contributed by atoms with Gasteiger partial charge in [0.1, 0.15) is 5.78 Å². The first kappa shape index (κ1) is 14.6. The number of halogens is 1. The molecule has 2 aliphatic carbocycles. The standard InChI is InChI=1S/C18H14BrNO3/c19-12-7-5-11(6-8-12)18(9-13(21)10-18)20-16(22)14-3-1-2-4-15(14)17(20)23/h1,3,5-8H,2,4,9-10H2. The van der Waals surface area contributed by atoms with E-state index in [4.69, 9.17) is 0 Å². The number of imide groups is 1. The Morgan fingerprint density at radius 1 is 1.00 bits per heavy atom. The minimum Gasteiger partial charge on any atom is -0.299 e. The van der Waals surface area contributed by atoms with Gasteiger partial charge in [0.15, 0.2) is 0 Å². The van der Waals surface area contributed by atoms with Gasteiger partial charge >= 0.3 is 0 Å². The fourth-order valence-electron chi connectivity index (χ4n) is 3.68. The highest BCUT2D eigenvalue weighted by Gasteiger charge is 2.57. The minimum absolute atomic E-state index is 0.0777. The van der Waals surface area contributed by atoms with E-state index in [1.807, 2.05) is 30.3 Å². The lowest BCUT2D eigenvalue weighted by molar-refractivity contribution is -0.154. The monoisotopic (exact) mass is 371 g/mol. The SMILES string of the molecule is O=C1CC(c2ccc(Br)cc2)(N2C(=O)C3=C(CCC=C3)C2=O)C1. The fraction of sp³-hybridized carbons (Fsp3) is 0.278. The van der Waals surface area contributed by atoms with Crippen molar-refractivity contribution >= 4 is 33.5 Å². The largest absolute Gasteiger partial charge is 0.299 e. The summed E-state index contributed by atoms with van der Waals surface area (Å²) in [6, 6.07) is 7.50. The summed E-state index contributed by atoms with van der Waals surface area (Å²) in [5.41, 5.74) is 1.10. The molecular weight excluding hydrogens is 358 g/mol. The number of amides is 2. The van der Waals surface area contributed by atoms with Crippen LogP contribution in [-0.2, 0) is 19.9 Å². The second-order valence-corrected chi connectivity index (χ2v) is 7.13. The number of ketones is 1. The predicted molar refractivity (Wildman–Crippen MR) is 87.3 cm³/mol. The normalized spacial score (nSPS) is 22.5. The lowest BCUT2D eigenvalue weighted by atomic mass is 9.69. The van der Waals surface area contributed by atoms with Crippen LogP contribution in [0.15, 0.2) is 52.0 Å². The molecule has 4 rings (SSSR count). The lowest BCUT2D eigenvalue weighted by Crippen LogP contribution is -2.58. The molecule has 1 saturated carbocycles. The number of benzene rings is 1. The van der Waals surface area contributed by atoms with Crippen LogP contribution < -0.4 is 0 Å². The number of hydrogen-bond donors (Lipinski definition) is 0. The molecule has 0 unspecified atom stereocenters. The summed E-state index contributed by atoms with van der Waals surface area (Å²) >= 11 is 3.39. The van der Waals surface area contributed by atoms with Gasteiger partial charge in [0.05, 0.1) is 5.54 Å². The molecule has 1 aromatic rings. The Balaban J connectivity index is 1.79. The molecule has 4 nitrogen and oxygen atoms in total. The molecule has 0 aromatic heterocycles. The average molecular weight is 372 g/mol. The van der Waals surface area contributed by atoms with Crippen LogP contribution in [0.1, 0.15) is 31.2 Å². The van der Waals surface area contributed by atoms with Gasteiger partial charge in [-0.15, -0.1) is 0 Å².